The predicted molar refractivity (Wildman–Crippen MR) is 77.0 cm³/mol. The number of esters is 1. The first kappa shape index (κ1) is 15.4. The van der Waals surface area contributed by atoms with Gasteiger partial charge in [-0.1, -0.05) is 0 Å². The molecular weight excluding hydrogens is 272 g/mol. The largest absolute Gasteiger partial charge is 0.496 e. The predicted octanol–water partition coefficient (Wildman–Crippen LogP) is 2.68. The highest BCUT2D eigenvalue weighted by molar-refractivity contribution is 5.94. The monoisotopic (exact) mass is 292 g/mol. The molecule has 0 aromatic heterocycles. The van der Waals surface area contributed by atoms with Gasteiger partial charge in [0.1, 0.15) is 11.5 Å². The Morgan fingerprint density at radius 1 is 1.14 bits per heavy atom. The molecule has 1 aromatic rings. The van der Waals surface area contributed by atoms with Gasteiger partial charge in [0.2, 0.25) is 0 Å². The van der Waals surface area contributed by atoms with Crippen molar-refractivity contribution in [2.24, 2.45) is 0 Å². The lowest BCUT2D eigenvalue weighted by molar-refractivity contribution is -0.129. The molecular formula is C16H20O5. The number of hydrogen-bond donors (Lipinski definition) is 0. The number of rotatable bonds is 4. The van der Waals surface area contributed by atoms with Crippen molar-refractivity contribution in [2.45, 2.75) is 38.7 Å². The summed E-state index contributed by atoms with van der Waals surface area (Å²) >= 11 is 0. The van der Waals surface area contributed by atoms with E-state index in [9.17, 15) is 9.59 Å². The standard InChI is InChI=1S/C16H20O5/c1-10-14(19-2)8-11(9-15(10)20-3)16(18)21-13-7-5-4-6-12(13)17/h8-9,13H,4-7H2,1-3H3/t13-/m0/s1. The Morgan fingerprint density at radius 3 is 2.29 bits per heavy atom. The zero-order valence-electron chi connectivity index (χ0n) is 12.6. The lowest BCUT2D eigenvalue weighted by Crippen LogP contribution is -2.30. The Morgan fingerprint density at radius 2 is 1.76 bits per heavy atom. The average molecular weight is 292 g/mol. The Kier molecular flexibility index (Phi) is 4.83. The number of Topliss-reactive ketones (excluding diaryl/α,β-unsaturated/α-hetero) is 1. The molecule has 2 rings (SSSR count). The van der Waals surface area contributed by atoms with E-state index >= 15 is 0 Å². The third-order valence-electron chi connectivity index (χ3n) is 3.74. The zero-order chi connectivity index (χ0) is 15.4. The Bertz CT molecular complexity index is 525. The van der Waals surface area contributed by atoms with Crippen LogP contribution in [0.1, 0.15) is 41.6 Å². The molecule has 1 saturated carbocycles. The van der Waals surface area contributed by atoms with Crippen molar-refractivity contribution < 1.29 is 23.8 Å². The van der Waals surface area contributed by atoms with E-state index in [4.69, 9.17) is 14.2 Å². The molecule has 1 aliphatic rings. The maximum absolute atomic E-state index is 12.2. The molecule has 1 fully saturated rings. The molecule has 0 saturated heterocycles. The molecule has 1 aromatic carbocycles. The van der Waals surface area contributed by atoms with Crippen LogP contribution in [0.3, 0.4) is 0 Å². The summed E-state index contributed by atoms with van der Waals surface area (Å²) in [4.78, 5) is 24.0. The second-order valence-corrected chi connectivity index (χ2v) is 5.11. The van der Waals surface area contributed by atoms with Gasteiger partial charge in [-0.15, -0.1) is 0 Å². The van der Waals surface area contributed by atoms with Crippen molar-refractivity contribution in [3.05, 3.63) is 23.3 Å². The molecule has 1 aliphatic carbocycles. The van der Waals surface area contributed by atoms with Crippen molar-refractivity contribution in [1.82, 2.24) is 0 Å². The van der Waals surface area contributed by atoms with Gasteiger partial charge in [0.15, 0.2) is 11.9 Å². The first-order chi connectivity index (χ1) is 10.1. The SMILES string of the molecule is COc1cc(C(=O)O[C@H]2CCCCC2=O)cc(OC)c1C. The fourth-order valence-corrected chi connectivity index (χ4v) is 2.48. The fourth-order valence-electron chi connectivity index (χ4n) is 2.48. The summed E-state index contributed by atoms with van der Waals surface area (Å²) in [6, 6.07) is 3.21. The molecule has 5 heteroatoms. The molecule has 0 unspecified atom stereocenters. The zero-order valence-corrected chi connectivity index (χ0v) is 12.6. The molecule has 0 N–H and O–H groups in total. The van der Waals surface area contributed by atoms with Crippen LogP contribution in [-0.2, 0) is 9.53 Å². The highest BCUT2D eigenvalue weighted by Gasteiger charge is 2.27. The average Bonchev–Trinajstić information content (AvgIpc) is 2.49. The Hall–Kier alpha value is -2.04. The van der Waals surface area contributed by atoms with Gasteiger partial charge in [0.05, 0.1) is 19.8 Å². The third-order valence-corrected chi connectivity index (χ3v) is 3.74. The lowest BCUT2D eigenvalue weighted by atomic mass is 9.96. The first-order valence-corrected chi connectivity index (χ1v) is 7.03. The second-order valence-electron chi connectivity index (χ2n) is 5.11. The lowest BCUT2D eigenvalue weighted by Gasteiger charge is -2.21. The number of benzene rings is 1. The molecule has 5 nitrogen and oxygen atoms in total. The molecule has 0 radical (unpaired) electrons. The van der Waals surface area contributed by atoms with Crippen molar-refractivity contribution in [3.8, 4) is 11.5 Å². The van der Waals surface area contributed by atoms with E-state index in [1.54, 1.807) is 12.1 Å². The third kappa shape index (κ3) is 3.35. The van der Waals surface area contributed by atoms with Crippen LogP contribution in [-0.4, -0.2) is 32.1 Å². The summed E-state index contributed by atoms with van der Waals surface area (Å²) in [5.74, 6) is 0.583. The molecule has 0 heterocycles. The summed E-state index contributed by atoms with van der Waals surface area (Å²) in [7, 11) is 3.06. The molecule has 0 spiro atoms. The Labute approximate surface area is 124 Å². The van der Waals surface area contributed by atoms with Crippen molar-refractivity contribution >= 4 is 11.8 Å². The number of ketones is 1. The number of ether oxygens (including phenoxy) is 3. The summed E-state index contributed by atoms with van der Waals surface area (Å²) in [6.07, 6.45) is 2.25. The molecule has 0 amide bonds. The maximum atomic E-state index is 12.2. The van der Waals surface area contributed by atoms with Gasteiger partial charge >= 0.3 is 5.97 Å². The van der Waals surface area contributed by atoms with Gasteiger partial charge in [-0.25, -0.2) is 4.79 Å². The van der Waals surface area contributed by atoms with E-state index in [1.165, 1.54) is 14.2 Å². The van der Waals surface area contributed by atoms with Gasteiger partial charge in [0, 0.05) is 12.0 Å². The van der Waals surface area contributed by atoms with Gasteiger partial charge in [-0.05, 0) is 38.3 Å². The minimum Gasteiger partial charge on any atom is -0.496 e. The van der Waals surface area contributed by atoms with Crippen LogP contribution in [0.4, 0.5) is 0 Å². The van der Waals surface area contributed by atoms with E-state index in [0.717, 1.165) is 18.4 Å². The quantitative estimate of drug-likeness (QED) is 0.798. The minimum atomic E-state index is -0.621. The van der Waals surface area contributed by atoms with Crippen molar-refractivity contribution in [1.29, 1.82) is 0 Å². The van der Waals surface area contributed by atoms with Crippen LogP contribution in [0.25, 0.3) is 0 Å². The number of carbonyl (C=O) groups excluding carboxylic acids is 2. The molecule has 0 bridgehead atoms. The van der Waals surface area contributed by atoms with E-state index in [-0.39, 0.29) is 5.78 Å². The highest BCUT2D eigenvalue weighted by Crippen LogP contribution is 2.30. The second kappa shape index (κ2) is 6.61. The van der Waals surface area contributed by atoms with Crippen LogP contribution in [0.15, 0.2) is 12.1 Å². The summed E-state index contributed by atoms with van der Waals surface area (Å²) in [5.41, 5.74) is 1.14. The summed E-state index contributed by atoms with van der Waals surface area (Å²) in [6.45, 7) is 1.84. The molecule has 21 heavy (non-hydrogen) atoms. The maximum Gasteiger partial charge on any atom is 0.339 e. The van der Waals surface area contributed by atoms with E-state index in [2.05, 4.69) is 0 Å². The van der Waals surface area contributed by atoms with Crippen molar-refractivity contribution in [2.75, 3.05) is 14.2 Å². The smallest absolute Gasteiger partial charge is 0.339 e. The Balaban J connectivity index is 2.20. The van der Waals surface area contributed by atoms with E-state index in [0.29, 0.717) is 29.9 Å². The fraction of sp³-hybridized carbons (Fsp3) is 0.500. The molecule has 1 atom stereocenters. The van der Waals surface area contributed by atoms with Gasteiger partial charge < -0.3 is 14.2 Å². The number of hydrogen-bond acceptors (Lipinski definition) is 5. The minimum absolute atomic E-state index is 0.000594. The number of carbonyl (C=O) groups is 2. The van der Waals surface area contributed by atoms with Crippen LogP contribution < -0.4 is 9.47 Å². The summed E-state index contributed by atoms with van der Waals surface area (Å²) in [5, 5.41) is 0. The topological polar surface area (TPSA) is 61.8 Å². The van der Waals surface area contributed by atoms with Crippen LogP contribution in [0.5, 0.6) is 11.5 Å². The van der Waals surface area contributed by atoms with Gasteiger partial charge in [0.25, 0.3) is 0 Å². The van der Waals surface area contributed by atoms with Crippen molar-refractivity contribution in [3.63, 3.8) is 0 Å². The molecule has 114 valence electrons. The first-order valence-electron chi connectivity index (χ1n) is 7.03. The van der Waals surface area contributed by atoms with Crippen LogP contribution in [0.2, 0.25) is 0 Å². The summed E-state index contributed by atoms with van der Waals surface area (Å²) < 4.78 is 15.8. The van der Waals surface area contributed by atoms with Gasteiger partial charge in [-0.3, -0.25) is 4.79 Å². The van der Waals surface area contributed by atoms with Crippen LogP contribution in [0, 0.1) is 6.92 Å². The van der Waals surface area contributed by atoms with E-state index < -0.39 is 12.1 Å². The highest BCUT2D eigenvalue weighted by atomic mass is 16.5. The normalized spacial score (nSPS) is 18.2. The van der Waals surface area contributed by atoms with Crippen LogP contribution >= 0.6 is 0 Å². The van der Waals surface area contributed by atoms with Gasteiger partial charge in [-0.2, -0.15) is 0 Å². The molecule has 0 aliphatic heterocycles. The van der Waals surface area contributed by atoms with E-state index in [1.807, 2.05) is 6.92 Å². The number of methoxy groups -OCH3 is 2.